The number of aliphatic hydroxyl groups excluding tert-OH is 1. The Morgan fingerprint density at radius 2 is 1.65 bits per heavy atom. The van der Waals surface area contributed by atoms with Gasteiger partial charge in [-0.3, -0.25) is 9.59 Å². The van der Waals surface area contributed by atoms with Crippen LogP contribution in [0.4, 0.5) is 4.79 Å². The summed E-state index contributed by atoms with van der Waals surface area (Å²) in [5, 5.41) is 15.4. The highest BCUT2D eigenvalue weighted by Crippen LogP contribution is 2.32. The van der Waals surface area contributed by atoms with Crippen molar-refractivity contribution >= 4 is 17.9 Å². The van der Waals surface area contributed by atoms with Crippen LogP contribution >= 0.6 is 0 Å². The van der Waals surface area contributed by atoms with Gasteiger partial charge >= 0.3 is 6.09 Å². The molecule has 1 aromatic rings. The Morgan fingerprint density at radius 3 is 2.15 bits per heavy atom. The summed E-state index contributed by atoms with van der Waals surface area (Å²) in [7, 11) is 0. The number of benzene rings is 1. The minimum absolute atomic E-state index is 0.300. The van der Waals surface area contributed by atoms with Crippen molar-refractivity contribution in [2.24, 2.45) is 0 Å². The van der Waals surface area contributed by atoms with Crippen LogP contribution in [0.5, 0.6) is 0 Å². The number of rotatable bonds is 12. The first-order valence-electron chi connectivity index (χ1n) is 12.1. The van der Waals surface area contributed by atoms with E-state index < -0.39 is 41.8 Å². The van der Waals surface area contributed by atoms with Crippen LogP contribution in [0.2, 0.25) is 0 Å². The highest BCUT2D eigenvalue weighted by molar-refractivity contribution is 5.92. The van der Waals surface area contributed by atoms with E-state index in [9.17, 15) is 19.5 Å². The predicted molar refractivity (Wildman–Crippen MR) is 133 cm³/mol. The summed E-state index contributed by atoms with van der Waals surface area (Å²) in [6.45, 7) is 12.8. The molecular weight excluding hydrogens is 434 g/mol. The van der Waals surface area contributed by atoms with Crippen molar-refractivity contribution in [1.29, 1.82) is 0 Å². The van der Waals surface area contributed by atoms with Crippen molar-refractivity contribution in [2.45, 2.75) is 97.4 Å². The van der Waals surface area contributed by atoms with Gasteiger partial charge in [0.25, 0.3) is 0 Å². The van der Waals surface area contributed by atoms with Crippen LogP contribution in [0.25, 0.3) is 0 Å². The zero-order valence-electron chi connectivity index (χ0n) is 21.8. The van der Waals surface area contributed by atoms with Crippen LogP contribution in [-0.2, 0) is 14.3 Å². The summed E-state index contributed by atoms with van der Waals surface area (Å²) in [5.41, 5.74) is -0.860. The molecule has 3 amide bonds. The van der Waals surface area contributed by atoms with Crippen LogP contribution in [-0.4, -0.2) is 58.2 Å². The number of hydrogen-bond acceptors (Lipinski definition) is 5. The lowest BCUT2D eigenvalue weighted by molar-refractivity contribution is -0.150. The number of alkyl carbamates (subject to hydrolysis) is 1. The molecule has 0 saturated carbocycles. The highest BCUT2D eigenvalue weighted by atomic mass is 16.6. The molecule has 0 radical (unpaired) electrons. The fourth-order valence-electron chi connectivity index (χ4n) is 3.48. The quantitative estimate of drug-likeness (QED) is 0.395. The summed E-state index contributed by atoms with van der Waals surface area (Å²) in [6.07, 6.45) is 2.60. The zero-order chi connectivity index (χ0) is 25.9. The van der Waals surface area contributed by atoms with Gasteiger partial charge in [-0.15, -0.1) is 0 Å². The molecule has 0 spiro atoms. The molecule has 1 rings (SSSR count). The van der Waals surface area contributed by atoms with E-state index in [1.54, 1.807) is 32.9 Å². The van der Waals surface area contributed by atoms with Gasteiger partial charge in [-0.05, 0) is 53.0 Å². The van der Waals surface area contributed by atoms with E-state index in [0.29, 0.717) is 18.5 Å². The summed E-state index contributed by atoms with van der Waals surface area (Å²) in [5.74, 6) is -0.857. The molecule has 0 heterocycles. The third-order valence-electron chi connectivity index (χ3n) is 5.63. The van der Waals surface area contributed by atoms with Crippen molar-refractivity contribution in [3.63, 3.8) is 0 Å². The predicted octanol–water partition coefficient (Wildman–Crippen LogP) is 3.94. The molecule has 34 heavy (non-hydrogen) atoms. The SMILES string of the molecule is CCCCCNC(=O)C(c1ccccc1)N(C(=O)C(CO)NC(=O)OC(C)(C)C)C(C)(C)CC. The molecule has 0 saturated heterocycles. The number of carbonyl (C=O) groups excluding carboxylic acids is 3. The Labute approximate surface area is 204 Å². The molecule has 0 aliphatic heterocycles. The Bertz CT molecular complexity index is 789. The van der Waals surface area contributed by atoms with Gasteiger partial charge in [-0.25, -0.2) is 4.79 Å². The van der Waals surface area contributed by atoms with Crippen LogP contribution in [0, 0.1) is 0 Å². The van der Waals surface area contributed by atoms with Crippen molar-refractivity contribution in [1.82, 2.24) is 15.5 Å². The lowest BCUT2D eigenvalue weighted by atomic mass is 9.92. The second-order valence-corrected chi connectivity index (χ2v) is 10.1. The first-order valence-corrected chi connectivity index (χ1v) is 12.1. The van der Waals surface area contributed by atoms with Gasteiger partial charge in [0.05, 0.1) is 6.61 Å². The Hall–Kier alpha value is -2.61. The number of aliphatic hydroxyl groups is 1. The van der Waals surface area contributed by atoms with Crippen LogP contribution in [0.15, 0.2) is 30.3 Å². The maximum Gasteiger partial charge on any atom is 0.408 e. The third kappa shape index (κ3) is 8.97. The molecule has 1 aromatic carbocycles. The maximum atomic E-state index is 13.8. The van der Waals surface area contributed by atoms with Crippen molar-refractivity contribution in [2.75, 3.05) is 13.2 Å². The number of unbranched alkanes of at least 4 members (excludes halogenated alkanes) is 2. The number of carbonyl (C=O) groups is 3. The topological polar surface area (TPSA) is 108 Å². The van der Waals surface area contributed by atoms with E-state index in [4.69, 9.17) is 4.74 Å². The molecule has 0 fully saturated rings. The molecule has 8 nitrogen and oxygen atoms in total. The number of hydrogen-bond donors (Lipinski definition) is 3. The fraction of sp³-hybridized carbons (Fsp3) is 0.654. The molecule has 2 atom stereocenters. The van der Waals surface area contributed by atoms with Crippen LogP contribution in [0.3, 0.4) is 0 Å². The highest BCUT2D eigenvalue weighted by Gasteiger charge is 2.42. The van der Waals surface area contributed by atoms with Gasteiger partial charge in [-0.1, -0.05) is 57.0 Å². The van der Waals surface area contributed by atoms with E-state index in [-0.39, 0.29) is 5.91 Å². The first-order chi connectivity index (χ1) is 15.9. The molecule has 2 unspecified atom stereocenters. The van der Waals surface area contributed by atoms with Crippen molar-refractivity contribution < 1.29 is 24.2 Å². The minimum Gasteiger partial charge on any atom is -0.444 e. The zero-order valence-corrected chi connectivity index (χ0v) is 21.8. The second-order valence-electron chi connectivity index (χ2n) is 10.1. The van der Waals surface area contributed by atoms with Gasteiger partial charge < -0.3 is 25.4 Å². The standard InChI is InChI=1S/C26H43N3O5/c1-8-10-14-17-27-22(31)21(19-15-12-11-13-16-19)29(26(6,7)9-2)23(32)20(18-30)28-24(33)34-25(3,4)5/h11-13,15-16,20-21,30H,8-10,14,17-18H2,1-7H3,(H,27,31)(H,28,33). The van der Waals surface area contributed by atoms with E-state index in [1.807, 2.05) is 39.0 Å². The average Bonchev–Trinajstić information content (AvgIpc) is 2.77. The van der Waals surface area contributed by atoms with E-state index in [1.165, 1.54) is 4.90 Å². The van der Waals surface area contributed by atoms with Crippen molar-refractivity contribution in [3.8, 4) is 0 Å². The number of amides is 3. The maximum absolute atomic E-state index is 13.8. The summed E-state index contributed by atoms with van der Waals surface area (Å²) in [6, 6.07) is 6.89. The Morgan fingerprint density at radius 1 is 1.03 bits per heavy atom. The first kappa shape index (κ1) is 29.4. The Kier molecular flexibility index (Phi) is 11.5. The van der Waals surface area contributed by atoms with Crippen LogP contribution < -0.4 is 10.6 Å². The molecule has 0 bridgehead atoms. The fourth-order valence-corrected chi connectivity index (χ4v) is 3.48. The van der Waals surface area contributed by atoms with E-state index >= 15 is 0 Å². The summed E-state index contributed by atoms with van der Waals surface area (Å²) >= 11 is 0. The van der Waals surface area contributed by atoms with Crippen LogP contribution in [0.1, 0.15) is 85.8 Å². The van der Waals surface area contributed by atoms with Crippen molar-refractivity contribution in [3.05, 3.63) is 35.9 Å². The third-order valence-corrected chi connectivity index (χ3v) is 5.63. The molecule has 192 valence electrons. The molecular formula is C26H43N3O5. The minimum atomic E-state index is -1.26. The molecule has 0 aliphatic carbocycles. The lowest BCUT2D eigenvalue weighted by Gasteiger charge is -2.44. The van der Waals surface area contributed by atoms with Gasteiger partial charge in [0.2, 0.25) is 11.8 Å². The smallest absolute Gasteiger partial charge is 0.408 e. The van der Waals surface area contributed by atoms with Gasteiger partial charge in [0, 0.05) is 12.1 Å². The molecule has 3 N–H and O–H groups in total. The average molecular weight is 478 g/mol. The van der Waals surface area contributed by atoms with E-state index in [2.05, 4.69) is 17.6 Å². The number of nitrogens with one attached hydrogen (secondary N) is 2. The monoisotopic (exact) mass is 477 g/mol. The largest absolute Gasteiger partial charge is 0.444 e. The lowest BCUT2D eigenvalue weighted by Crippen LogP contribution is -2.60. The second kappa shape index (κ2) is 13.3. The van der Waals surface area contributed by atoms with Gasteiger partial charge in [0.1, 0.15) is 17.7 Å². The molecule has 0 aromatic heterocycles. The molecule has 8 heteroatoms. The summed E-state index contributed by atoms with van der Waals surface area (Å²) < 4.78 is 5.27. The number of ether oxygens (including phenoxy) is 1. The van der Waals surface area contributed by atoms with Gasteiger partial charge in [-0.2, -0.15) is 0 Å². The summed E-state index contributed by atoms with van der Waals surface area (Å²) in [4.78, 5) is 41.1. The molecule has 0 aliphatic rings. The van der Waals surface area contributed by atoms with E-state index in [0.717, 1.165) is 19.3 Å². The number of nitrogens with zero attached hydrogens (tertiary/aromatic N) is 1. The normalized spacial score (nSPS) is 13.5. The van der Waals surface area contributed by atoms with Gasteiger partial charge in [0.15, 0.2) is 0 Å². The Balaban J connectivity index is 3.38.